The Morgan fingerprint density at radius 2 is 1.60 bits per heavy atom. The van der Waals surface area contributed by atoms with Gasteiger partial charge < -0.3 is 6.63 Å². The van der Waals surface area contributed by atoms with Crippen LogP contribution in [0.2, 0.25) is 0 Å². The predicted molar refractivity (Wildman–Crippen MR) is 22.2 cm³/mol. The molecular weight excluding hydrogens is 177 g/mol. The van der Waals surface area contributed by atoms with Gasteiger partial charge in [-0.25, -0.2) is 4.94 Å². The summed E-state index contributed by atoms with van der Waals surface area (Å²) >= 11 is 0. The Hall–Kier alpha value is -0.00364. The summed E-state index contributed by atoms with van der Waals surface area (Å²) in [6.45, 7) is 0. The molecular formula is H4KN3O6. The molecule has 0 atom stereocenters. The molecule has 10 heteroatoms. The van der Waals surface area contributed by atoms with E-state index in [-0.39, 0.29) is 52.8 Å². The normalized spacial score (nSPS) is 5.70. The van der Waals surface area contributed by atoms with Gasteiger partial charge in [0.1, 0.15) is 0 Å². The molecule has 56 valence electrons. The van der Waals surface area contributed by atoms with Gasteiger partial charge in [-0.05, 0) is 0 Å². The van der Waals surface area contributed by atoms with Gasteiger partial charge >= 0.3 is 56.5 Å². The third kappa shape index (κ3) is 98.2. The second-order valence-electron chi connectivity index (χ2n) is 0.567. The monoisotopic (exact) mass is 181 g/mol. The van der Waals surface area contributed by atoms with Crippen molar-refractivity contribution in [2.24, 2.45) is 5.90 Å². The number of rotatable bonds is 1. The fraction of sp³-hybridized carbons (Fsp3) is 0. The molecule has 0 spiro atoms. The molecule has 0 fully saturated rings. The van der Waals surface area contributed by atoms with E-state index >= 15 is 0 Å². The number of hydrogen-bond acceptors (Lipinski definition) is 6. The Bertz CT molecular complexity index is 102. The Morgan fingerprint density at radius 1 is 1.50 bits per heavy atom. The summed E-state index contributed by atoms with van der Waals surface area (Å²) in [4.78, 5) is 20.2. The smallest absolute Gasteiger partial charge is 1.00 e. The van der Waals surface area contributed by atoms with Crippen LogP contribution in [0.1, 0.15) is 1.43 Å². The van der Waals surface area contributed by atoms with Gasteiger partial charge in [-0.2, -0.15) is 5.90 Å². The van der Waals surface area contributed by atoms with Crippen LogP contribution in [-0.4, -0.2) is 15.4 Å². The number of nitrogens with zero attached hydrogens (tertiary/aromatic N) is 2. The molecule has 0 aliphatic carbocycles. The van der Waals surface area contributed by atoms with Crippen LogP contribution in [-0.2, 0) is 4.94 Å². The van der Waals surface area contributed by atoms with Crippen LogP contribution in [0.4, 0.5) is 0 Å². The van der Waals surface area contributed by atoms with Gasteiger partial charge in [-0.3, -0.25) is 0 Å². The second-order valence-corrected chi connectivity index (χ2v) is 0.567. The molecule has 0 unspecified atom stereocenters. The van der Waals surface area contributed by atoms with Crippen LogP contribution in [0.3, 0.4) is 0 Å². The summed E-state index contributed by atoms with van der Waals surface area (Å²) < 4.78 is 0. The van der Waals surface area contributed by atoms with E-state index in [4.69, 9.17) is 25.4 Å². The Morgan fingerprint density at radius 3 is 1.60 bits per heavy atom. The molecule has 0 aromatic heterocycles. The van der Waals surface area contributed by atoms with Crippen molar-refractivity contribution >= 4 is 0 Å². The molecule has 0 amide bonds. The second kappa shape index (κ2) is 11.8. The summed E-state index contributed by atoms with van der Waals surface area (Å²) in [6.07, 6.45) is 0. The van der Waals surface area contributed by atoms with Crippen molar-refractivity contribution in [3.63, 3.8) is 0 Å². The van der Waals surface area contributed by atoms with Crippen molar-refractivity contribution in [3.8, 4) is 0 Å². The minimum atomic E-state index is -1.50. The van der Waals surface area contributed by atoms with Crippen LogP contribution in [0.15, 0.2) is 0 Å². The van der Waals surface area contributed by atoms with Crippen molar-refractivity contribution in [1.29, 1.82) is 0 Å². The average Bonchev–Trinajstić information content (AvgIpc) is 1.65. The average molecular weight is 181 g/mol. The summed E-state index contributed by atoms with van der Waals surface area (Å²) in [7, 11) is 0. The predicted octanol–water partition coefficient (Wildman–Crippen LogP) is -4.16. The number of hydrogen-bond donors (Lipinski definition) is 2. The summed E-state index contributed by atoms with van der Waals surface area (Å²) in [5.41, 5.74) is 0. The third-order valence-electron chi connectivity index (χ3n) is 0.0861. The zero-order valence-corrected chi connectivity index (χ0v) is 8.08. The van der Waals surface area contributed by atoms with E-state index in [0.29, 0.717) is 0 Å². The van der Waals surface area contributed by atoms with Crippen LogP contribution >= 0.6 is 0 Å². The summed E-state index contributed by atoms with van der Waals surface area (Å²) in [5, 5.41) is 21.4. The van der Waals surface area contributed by atoms with Gasteiger partial charge in [0.15, 0.2) is 0 Å². The standard InChI is InChI=1S/K.H2N2O3.HNO3.H/c;1-5-2(3)4;2-1(3)4;/h;1H2;(H,2,3,4);/q+1;;;-1. The van der Waals surface area contributed by atoms with E-state index in [1.807, 2.05) is 0 Å². The summed E-state index contributed by atoms with van der Waals surface area (Å²) in [6, 6.07) is 0. The first kappa shape index (κ1) is 16.5. The van der Waals surface area contributed by atoms with E-state index in [1.54, 1.807) is 0 Å². The van der Waals surface area contributed by atoms with Gasteiger partial charge in [-0.1, -0.05) is 0 Å². The molecule has 3 N–H and O–H groups in total. The quantitative estimate of drug-likeness (QED) is 0.237. The van der Waals surface area contributed by atoms with E-state index < -0.39 is 10.2 Å². The Labute approximate surface area is 98.2 Å². The van der Waals surface area contributed by atoms with Gasteiger partial charge in [0.05, 0.1) is 0 Å². The van der Waals surface area contributed by atoms with E-state index in [2.05, 4.69) is 10.8 Å². The van der Waals surface area contributed by atoms with Crippen molar-refractivity contribution in [2.45, 2.75) is 0 Å². The molecule has 10 heavy (non-hydrogen) atoms. The minimum absolute atomic E-state index is 0. The van der Waals surface area contributed by atoms with Crippen LogP contribution in [0, 0.1) is 20.2 Å². The van der Waals surface area contributed by atoms with Gasteiger partial charge in [0.25, 0.3) is 5.09 Å². The molecule has 0 radical (unpaired) electrons. The first-order valence-corrected chi connectivity index (χ1v) is 1.35. The molecule has 0 aliphatic heterocycles. The SMILES string of the molecule is NO[N+](=O)[O-].O=[N+]([O-])O.[H-].[K+]. The third-order valence-corrected chi connectivity index (χ3v) is 0.0861. The van der Waals surface area contributed by atoms with Gasteiger partial charge in [-0.15, -0.1) is 20.2 Å². The number of nitrogens with two attached hydrogens (primary N) is 1. The van der Waals surface area contributed by atoms with Crippen molar-refractivity contribution in [3.05, 3.63) is 20.2 Å². The topological polar surface area (TPSA) is 142 Å². The van der Waals surface area contributed by atoms with Gasteiger partial charge in [0.2, 0.25) is 0 Å². The van der Waals surface area contributed by atoms with Crippen molar-refractivity contribution < 1.29 is 73.1 Å². The maximum absolute atomic E-state index is 8.83. The van der Waals surface area contributed by atoms with Crippen LogP contribution < -0.4 is 57.3 Å². The Balaban J connectivity index is -0.0000000383. The molecule has 0 aliphatic rings. The molecule has 0 rings (SSSR count). The zero-order valence-electron chi connectivity index (χ0n) is 5.96. The molecule has 0 saturated carbocycles. The molecule has 0 aromatic carbocycles. The zero-order chi connectivity index (χ0) is 7.86. The molecule has 0 aromatic rings. The largest absolute Gasteiger partial charge is 1.00 e. The Kier molecular flexibility index (Phi) is 19.4. The first-order chi connectivity index (χ1) is 4.00. The van der Waals surface area contributed by atoms with Crippen LogP contribution in [0.25, 0.3) is 0 Å². The van der Waals surface area contributed by atoms with Crippen molar-refractivity contribution in [2.75, 3.05) is 0 Å². The first-order valence-electron chi connectivity index (χ1n) is 1.35. The fourth-order valence-corrected chi connectivity index (χ4v) is 0. The van der Waals surface area contributed by atoms with E-state index in [1.165, 1.54) is 0 Å². The van der Waals surface area contributed by atoms with Crippen molar-refractivity contribution in [1.82, 2.24) is 0 Å². The van der Waals surface area contributed by atoms with E-state index in [0.717, 1.165) is 0 Å². The van der Waals surface area contributed by atoms with E-state index in [9.17, 15) is 0 Å². The maximum atomic E-state index is 8.83. The molecule has 9 nitrogen and oxygen atoms in total. The molecule has 0 heterocycles. The fourth-order valence-electron chi connectivity index (χ4n) is 0. The molecule has 0 saturated heterocycles. The maximum Gasteiger partial charge on any atom is 1.00 e. The minimum Gasteiger partial charge on any atom is -1.00 e. The summed E-state index contributed by atoms with van der Waals surface area (Å²) in [5.74, 6) is 3.97. The van der Waals surface area contributed by atoms with Crippen LogP contribution in [0.5, 0.6) is 0 Å². The molecule has 0 bridgehead atoms. The van der Waals surface area contributed by atoms with Gasteiger partial charge in [0, 0.05) is 0 Å².